The van der Waals surface area contributed by atoms with Crippen molar-refractivity contribution in [2.75, 3.05) is 0 Å². The predicted octanol–water partition coefficient (Wildman–Crippen LogP) is 18.1. The third kappa shape index (κ3) is 6.36. The van der Waals surface area contributed by atoms with E-state index in [4.69, 9.17) is 19.4 Å². The normalized spacial score (nSPS) is 12.0. The van der Waals surface area contributed by atoms with Gasteiger partial charge in [0.1, 0.15) is 5.58 Å². The molecule has 0 amide bonds. The fraction of sp³-hybridized carbons (Fsp3) is 0. The quantitative estimate of drug-likeness (QED) is 0.156. The van der Waals surface area contributed by atoms with Crippen molar-refractivity contribution in [1.29, 1.82) is 0 Å². The molecule has 6 heteroatoms. The van der Waals surface area contributed by atoms with Gasteiger partial charge < -0.3 is 13.6 Å². The smallest absolute Gasteiger partial charge is 0.164 e. The van der Waals surface area contributed by atoms with Crippen molar-refractivity contribution in [3.05, 3.63) is 249 Å². The minimum absolute atomic E-state index is 0.630. The Hall–Kier alpha value is -10.2. The maximum Gasteiger partial charge on any atom is 0.164 e. The zero-order valence-corrected chi connectivity index (χ0v) is 40.3. The minimum Gasteiger partial charge on any atom is -0.454 e. The molecule has 0 aliphatic rings. The van der Waals surface area contributed by atoms with E-state index in [0.717, 1.165) is 94.0 Å². The highest BCUT2D eigenvalue weighted by Gasteiger charge is 2.21. The zero-order chi connectivity index (χ0) is 49.1. The molecule has 0 fully saturated rings. The maximum atomic E-state index is 6.59. The van der Waals surface area contributed by atoms with Crippen LogP contribution in [0.4, 0.5) is 0 Å². The molecule has 0 N–H and O–H groups in total. The number of hydrogen-bond acceptors (Lipinski definition) is 4. The molecule has 348 valence electrons. The van der Waals surface area contributed by atoms with Crippen molar-refractivity contribution >= 4 is 97.9 Å². The van der Waals surface area contributed by atoms with Crippen molar-refractivity contribution in [2.45, 2.75) is 0 Å². The third-order valence-corrected chi connectivity index (χ3v) is 15.3. The Balaban J connectivity index is 0.858. The van der Waals surface area contributed by atoms with Gasteiger partial charge in [0.05, 0.1) is 27.8 Å². The van der Waals surface area contributed by atoms with E-state index >= 15 is 0 Å². The molecule has 0 spiro atoms. The van der Waals surface area contributed by atoms with E-state index in [0.29, 0.717) is 17.5 Å². The second kappa shape index (κ2) is 16.2. The van der Waals surface area contributed by atoms with Crippen molar-refractivity contribution in [3.8, 4) is 56.7 Å². The molecule has 0 radical (unpaired) electrons. The average molecular weight is 956 g/mol. The minimum atomic E-state index is 0.630. The molecule has 0 aliphatic heterocycles. The third-order valence-electron chi connectivity index (χ3n) is 15.3. The van der Waals surface area contributed by atoms with Gasteiger partial charge >= 0.3 is 0 Å². The largest absolute Gasteiger partial charge is 0.454 e. The zero-order valence-electron chi connectivity index (χ0n) is 40.3. The van der Waals surface area contributed by atoms with Crippen LogP contribution in [0.25, 0.3) is 155 Å². The Morgan fingerprint density at radius 1 is 0.253 bits per heavy atom. The summed E-state index contributed by atoms with van der Waals surface area (Å²) in [5.74, 6) is 1.91. The molecular weight excluding hydrogens is 915 g/mol. The van der Waals surface area contributed by atoms with E-state index in [1.165, 1.54) is 43.1 Å². The SMILES string of the molecule is c1ccc(-c2nc(-c3ccccc3)nc(-c3ccc4c5ccccc5c5ccc(-n6c7ccccc7c7cc(-c8ccc9c(c8)c8ccccc8n9-c8cccc9c8oc8ccccc89)ccc76)cc5c4c3)n2)cc1. The molecule has 4 aromatic heterocycles. The first-order chi connectivity index (χ1) is 37.2. The number of aromatic nitrogens is 5. The number of benzene rings is 12. The summed E-state index contributed by atoms with van der Waals surface area (Å²) >= 11 is 0. The fourth-order valence-electron chi connectivity index (χ4n) is 11.9. The Bertz CT molecular complexity index is 4950. The Labute approximate surface area is 429 Å². The van der Waals surface area contributed by atoms with E-state index in [1.807, 2.05) is 42.5 Å². The number of hydrogen-bond donors (Lipinski definition) is 0. The fourth-order valence-corrected chi connectivity index (χ4v) is 11.9. The summed E-state index contributed by atoms with van der Waals surface area (Å²) in [6.07, 6.45) is 0. The molecule has 12 aromatic carbocycles. The number of rotatable bonds is 6. The molecule has 0 aliphatic carbocycles. The van der Waals surface area contributed by atoms with Crippen molar-refractivity contribution in [3.63, 3.8) is 0 Å². The lowest BCUT2D eigenvalue weighted by Gasteiger charge is -2.15. The molecule has 16 rings (SSSR count). The van der Waals surface area contributed by atoms with Crippen LogP contribution in [0, 0.1) is 0 Å². The van der Waals surface area contributed by atoms with Crippen LogP contribution in [0.15, 0.2) is 253 Å². The van der Waals surface area contributed by atoms with Crippen LogP contribution in [-0.4, -0.2) is 24.1 Å². The van der Waals surface area contributed by atoms with Crippen LogP contribution in [0.5, 0.6) is 0 Å². The second-order valence-corrected chi connectivity index (χ2v) is 19.5. The number of fused-ring (bicyclic) bond motifs is 15. The highest BCUT2D eigenvalue weighted by molar-refractivity contribution is 6.26. The van der Waals surface area contributed by atoms with Crippen LogP contribution >= 0.6 is 0 Å². The monoisotopic (exact) mass is 955 g/mol. The van der Waals surface area contributed by atoms with Crippen molar-refractivity contribution in [1.82, 2.24) is 24.1 Å². The van der Waals surface area contributed by atoms with Crippen molar-refractivity contribution < 1.29 is 4.42 Å². The van der Waals surface area contributed by atoms with Gasteiger partial charge in [0.15, 0.2) is 23.1 Å². The molecule has 75 heavy (non-hydrogen) atoms. The molecule has 0 unspecified atom stereocenters. The highest BCUT2D eigenvalue weighted by Crippen LogP contribution is 2.43. The van der Waals surface area contributed by atoms with Crippen LogP contribution < -0.4 is 0 Å². The van der Waals surface area contributed by atoms with Crippen LogP contribution in [0.1, 0.15) is 0 Å². The summed E-state index contributed by atoms with van der Waals surface area (Å²) in [6, 6.07) is 88.9. The van der Waals surface area contributed by atoms with Gasteiger partial charge in [0.25, 0.3) is 0 Å². The standard InChI is InChI=1S/C69H41N5O/c1-3-16-42(17-4-1)67-70-68(43-18-5-2-6-19-43)72-69(71-67)46-30-34-50-48-20-7-8-21-49(48)51-35-33-47(41-57(51)56(50)40-46)73-60-26-12-9-22-52(60)58-38-44(31-36-62(58)73)45-32-37-63-59(39-45)53-23-10-13-27-61(53)74(63)64-28-15-25-55-54-24-11-14-29-65(54)75-66(55)64/h1-41H. The van der Waals surface area contributed by atoms with Gasteiger partial charge in [-0.2, -0.15) is 0 Å². The lowest BCUT2D eigenvalue weighted by Crippen LogP contribution is -2.00. The Morgan fingerprint density at radius 2 is 0.693 bits per heavy atom. The van der Waals surface area contributed by atoms with Gasteiger partial charge in [-0.3, -0.25) is 0 Å². The average Bonchev–Trinajstić information content (AvgIpc) is 4.16. The van der Waals surface area contributed by atoms with E-state index in [1.54, 1.807) is 0 Å². The molecule has 0 saturated heterocycles. The maximum absolute atomic E-state index is 6.59. The first kappa shape index (κ1) is 41.4. The van der Waals surface area contributed by atoms with Gasteiger partial charge in [-0.05, 0) is 110 Å². The first-order valence-corrected chi connectivity index (χ1v) is 25.4. The summed E-state index contributed by atoms with van der Waals surface area (Å²) in [5.41, 5.74) is 13.6. The summed E-state index contributed by atoms with van der Waals surface area (Å²) in [6.45, 7) is 0. The van der Waals surface area contributed by atoms with E-state index in [2.05, 4.69) is 215 Å². The molecule has 16 aromatic rings. The van der Waals surface area contributed by atoms with Crippen LogP contribution in [0.2, 0.25) is 0 Å². The second-order valence-electron chi connectivity index (χ2n) is 19.5. The van der Waals surface area contributed by atoms with Gasteiger partial charge in [0.2, 0.25) is 0 Å². The number of nitrogens with zero attached hydrogens (tertiary/aromatic N) is 5. The first-order valence-electron chi connectivity index (χ1n) is 25.4. The lowest BCUT2D eigenvalue weighted by molar-refractivity contribution is 0.666. The van der Waals surface area contributed by atoms with Crippen molar-refractivity contribution in [2.24, 2.45) is 0 Å². The summed E-state index contributed by atoms with van der Waals surface area (Å²) in [5, 5.41) is 14.1. The van der Waals surface area contributed by atoms with Gasteiger partial charge in [-0.25, -0.2) is 15.0 Å². The molecule has 4 heterocycles. The molecule has 0 saturated carbocycles. The topological polar surface area (TPSA) is 61.7 Å². The Morgan fingerprint density at radius 3 is 1.33 bits per heavy atom. The predicted molar refractivity (Wildman–Crippen MR) is 310 cm³/mol. The van der Waals surface area contributed by atoms with E-state index in [-0.39, 0.29) is 0 Å². The van der Waals surface area contributed by atoms with Crippen LogP contribution in [0.3, 0.4) is 0 Å². The van der Waals surface area contributed by atoms with Gasteiger partial charge in [-0.15, -0.1) is 0 Å². The molecular formula is C69H41N5O. The highest BCUT2D eigenvalue weighted by atomic mass is 16.3. The summed E-state index contributed by atoms with van der Waals surface area (Å²) < 4.78 is 11.4. The summed E-state index contributed by atoms with van der Waals surface area (Å²) in [4.78, 5) is 15.2. The van der Waals surface area contributed by atoms with Gasteiger partial charge in [-0.1, -0.05) is 182 Å². The van der Waals surface area contributed by atoms with E-state index in [9.17, 15) is 0 Å². The molecule has 0 atom stereocenters. The van der Waals surface area contributed by atoms with Crippen LogP contribution in [-0.2, 0) is 0 Å². The molecule has 0 bridgehead atoms. The summed E-state index contributed by atoms with van der Waals surface area (Å²) in [7, 11) is 0. The molecule has 6 nitrogen and oxygen atoms in total. The van der Waals surface area contributed by atoms with Gasteiger partial charge in [0, 0.05) is 54.7 Å². The number of furan rings is 1. The number of para-hydroxylation sites is 4. The lowest BCUT2D eigenvalue weighted by atomic mass is 9.93. The Kier molecular flexibility index (Phi) is 8.94. The van der Waals surface area contributed by atoms with E-state index < -0.39 is 0 Å².